The zero-order chi connectivity index (χ0) is 18.7. The van der Waals surface area contributed by atoms with Crippen LogP contribution in [0.3, 0.4) is 0 Å². The third-order valence-electron chi connectivity index (χ3n) is 3.87. The molecule has 1 aromatic heterocycles. The number of piperazine rings is 1. The van der Waals surface area contributed by atoms with Gasteiger partial charge < -0.3 is 24.6 Å². The number of benzene rings is 1. The first-order chi connectivity index (χ1) is 12.5. The van der Waals surface area contributed by atoms with Gasteiger partial charge in [0.05, 0.1) is 29.6 Å². The summed E-state index contributed by atoms with van der Waals surface area (Å²) in [5, 5.41) is 14.7. The van der Waals surface area contributed by atoms with E-state index in [1.165, 1.54) is 36.6 Å². The molecule has 3 rings (SSSR count). The Bertz CT molecular complexity index is 822. The van der Waals surface area contributed by atoms with Crippen molar-refractivity contribution in [3.8, 4) is 5.75 Å². The van der Waals surface area contributed by atoms with Gasteiger partial charge in [-0.25, -0.2) is 14.1 Å². The Labute approximate surface area is 156 Å². The van der Waals surface area contributed by atoms with E-state index in [2.05, 4.69) is 15.2 Å². The smallest absolute Gasteiger partial charge is 0.335 e. The van der Waals surface area contributed by atoms with E-state index in [-0.39, 0.29) is 22.8 Å². The molecule has 1 unspecified atom stereocenters. The van der Waals surface area contributed by atoms with Gasteiger partial charge in [0.1, 0.15) is 5.75 Å². The van der Waals surface area contributed by atoms with Crippen LogP contribution < -0.4 is 19.3 Å². The van der Waals surface area contributed by atoms with Crippen molar-refractivity contribution in [2.24, 2.45) is 0 Å². The second kappa shape index (κ2) is 7.99. The van der Waals surface area contributed by atoms with Crippen LogP contribution in [0.25, 0.3) is 0 Å². The number of nitrogens with zero attached hydrogens (tertiary/aromatic N) is 3. The molecule has 2 aromatic rings. The van der Waals surface area contributed by atoms with Crippen molar-refractivity contribution in [1.82, 2.24) is 10.3 Å². The Kier molecular flexibility index (Phi) is 5.71. The number of ether oxygens (including phenoxy) is 1. The number of rotatable bonds is 6. The van der Waals surface area contributed by atoms with Gasteiger partial charge in [-0.2, -0.15) is 0 Å². The fourth-order valence-electron chi connectivity index (χ4n) is 2.61. The van der Waals surface area contributed by atoms with Crippen molar-refractivity contribution in [3.05, 3.63) is 29.1 Å². The normalized spacial score (nSPS) is 15.5. The van der Waals surface area contributed by atoms with E-state index >= 15 is 0 Å². The van der Waals surface area contributed by atoms with E-state index in [1.54, 1.807) is 5.38 Å². The second-order valence-electron chi connectivity index (χ2n) is 5.43. The van der Waals surface area contributed by atoms with Crippen LogP contribution in [0.5, 0.6) is 5.75 Å². The highest BCUT2D eigenvalue weighted by Crippen LogP contribution is 2.37. The Morgan fingerprint density at radius 3 is 2.81 bits per heavy atom. The van der Waals surface area contributed by atoms with E-state index in [1.807, 2.05) is 0 Å². The average molecular weight is 397 g/mol. The van der Waals surface area contributed by atoms with Gasteiger partial charge in [0.2, 0.25) is 0 Å². The van der Waals surface area contributed by atoms with Gasteiger partial charge in [-0.05, 0) is 18.2 Å². The summed E-state index contributed by atoms with van der Waals surface area (Å²) in [7, 11) is 1.35. The van der Waals surface area contributed by atoms with E-state index in [0.717, 1.165) is 35.6 Å². The third kappa shape index (κ3) is 3.80. The lowest BCUT2D eigenvalue weighted by molar-refractivity contribution is 0.0696. The molecule has 140 valence electrons. The lowest BCUT2D eigenvalue weighted by atomic mass is 10.2. The van der Waals surface area contributed by atoms with Crippen molar-refractivity contribution in [3.63, 3.8) is 0 Å². The number of methoxy groups -OCH3 is 1. The summed E-state index contributed by atoms with van der Waals surface area (Å²) in [6.45, 7) is 3.28. The molecule has 1 aliphatic heterocycles. The summed E-state index contributed by atoms with van der Waals surface area (Å²) in [6, 6.07) is 3.99. The van der Waals surface area contributed by atoms with Crippen LogP contribution in [-0.4, -0.2) is 58.1 Å². The Morgan fingerprint density at radius 2 is 2.19 bits per heavy atom. The number of carboxylic acids is 1. The van der Waals surface area contributed by atoms with Gasteiger partial charge in [0.25, 0.3) is 0 Å². The second-order valence-corrected chi connectivity index (χ2v) is 7.06. The van der Waals surface area contributed by atoms with Gasteiger partial charge in [-0.15, -0.1) is 11.3 Å². The quantitative estimate of drug-likeness (QED) is 0.698. The zero-order valence-electron chi connectivity index (χ0n) is 13.9. The molecule has 0 spiro atoms. The molecule has 1 fully saturated rings. The van der Waals surface area contributed by atoms with Crippen LogP contribution in [0, 0.1) is 0 Å². The first-order valence-corrected chi connectivity index (χ1v) is 9.64. The zero-order valence-corrected chi connectivity index (χ0v) is 15.5. The van der Waals surface area contributed by atoms with Crippen LogP contribution in [0.4, 0.5) is 16.6 Å². The van der Waals surface area contributed by atoms with E-state index < -0.39 is 17.2 Å². The number of aromatic carboxylic acids is 1. The maximum absolute atomic E-state index is 11.9. The third-order valence-corrected chi connectivity index (χ3v) is 5.44. The van der Waals surface area contributed by atoms with Gasteiger partial charge >= 0.3 is 5.97 Å². The molecule has 1 saturated heterocycles. The Balaban J connectivity index is 1.96. The Morgan fingerprint density at radius 1 is 1.46 bits per heavy atom. The first kappa shape index (κ1) is 18.6. The summed E-state index contributed by atoms with van der Waals surface area (Å²) in [5.74, 6) is -0.761. The van der Waals surface area contributed by atoms with Gasteiger partial charge in [-0.1, -0.05) is 0 Å². The fourth-order valence-corrected chi connectivity index (χ4v) is 4.08. The molecule has 9 nitrogen and oxygen atoms in total. The predicted molar refractivity (Wildman–Crippen MR) is 98.2 cm³/mol. The standard InChI is InChI=1S/C15H18N4O5S2/c1-24-12-8-10(14(20)21)2-3-11(12)19(26(22)23)13-9-25-15(17-13)18-6-4-16-5-7-18/h2-3,8-9,16H,4-7H2,1H3,(H,20,21)(H,22,23)/p-1. The van der Waals surface area contributed by atoms with Crippen molar-refractivity contribution in [1.29, 1.82) is 0 Å². The van der Waals surface area contributed by atoms with Gasteiger partial charge in [0.15, 0.2) is 10.9 Å². The molecule has 1 aliphatic rings. The highest BCUT2D eigenvalue weighted by molar-refractivity contribution is 7.81. The van der Waals surface area contributed by atoms with Crippen LogP contribution in [0.1, 0.15) is 10.4 Å². The van der Waals surface area contributed by atoms with Crippen LogP contribution >= 0.6 is 11.3 Å². The number of aromatic nitrogens is 1. The number of nitrogens with one attached hydrogen (secondary N) is 1. The molecule has 1 atom stereocenters. The topological polar surface area (TPSA) is 118 Å². The fraction of sp³-hybridized carbons (Fsp3) is 0.333. The number of carbonyl (C=O) groups is 1. The lowest BCUT2D eigenvalue weighted by Crippen LogP contribution is -2.43. The van der Waals surface area contributed by atoms with E-state index in [0.29, 0.717) is 0 Å². The maximum atomic E-state index is 11.9. The van der Waals surface area contributed by atoms with Crippen molar-refractivity contribution < 1.29 is 23.4 Å². The molecule has 2 heterocycles. The van der Waals surface area contributed by atoms with Crippen LogP contribution in [0.15, 0.2) is 23.6 Å². The molecule has 0 bridgehead atoms. The van der Waals surface area contributed by atoms with Gasteiger partial charge in [0, 0.05) is 31.6 Å². The SMILES string of the molecule is COc1cc(C(=O)O)ccc1N(c1csc(N2CCNCC2)n1)S(=O)[O-]. The average Bonchev–Trinajstić information content (AvgIpc) is 3.12. The number of hydrogen-bond acceptors (Lipinski definition) is 8. The lowest BCUT2D eigenvalue weighted by Gasteiger charge is -2.28. The number of carboxylic acid groups (broad SMARTS) is 1. The summed E-state index contributed by atoms with van der Waals surface area (Å²) < 4.78 is 29.9. The minimum Gasteiger partial charge on any atom is -0.755 e. The maximum Gasteiger partial charge on any atom is 0.335 e. The van der Waals surface area contributed by atoms with Crippen LogP contribution in [0.2, 0.25) is 0 Å². The van der Waals surface area contributed by atoms with E-state index in [9.17, 15) is 13.6 Å². The molecular weight excluding hydrogens is 380 g/mol. The van der Waals surface area contributed by atoms with Crippen LogP contribution in [-0.2, 0) is 11.3 Å². The number of hydrogen-bond donors (Lipinski definition) is 2. The number of thiazole rings is 1. The molecule has 1 aromatic carbocycles. The number of anilines is 3. The molecule has 11 heteroatoms. The van der Waals surface area contributed by atoms with E-state index in [4.69, 9.17) is 9.84 Å². The minimum atomic E-state index is -2.66. The van der Waals surface area contributed by atoms with Gasteiger partial charge in [-0.3, -0.25) is 4.21 Å². The molecule has 0 saturated carbocycles. The predicted octanol–water partition coefficient (Wildman–Crippen LogP) is 1.19. The van der Waals surface area contributed by atoms with Crippen molar-refractivity contribution in [2.45, 2.75) is 0 Å². The molecule has 26 heavy (non-hydrogen) atoms. The molecule has 0 radical (unpaired) electrons. The molecular formula is C15H17N4O5S2-. The first-order valence-electron chi connectivity index (χ1n) is 7.73. The Hall–Kier alpha value is -2.21. The summed E-state index contributed by atoms with van der Waals surface area (Å²) in [4.78, 5) is 17.6. The van der Waals surface area contributed by atoms with Crippen molar-refractivity contribution in [2.75, 3.05) is 42.5 Å². The summed E-state index contributed by atoms with van der Waals surface area (Å²) >= 11 is -1.30. The molecule has 0 aliphatic carbocycles. The molecule has 2 N–H and O–H groups in total. The monoisotopic (exact) mass is 397 g/mol. The summed E-state index contributed by atoms with van der Waals surface area (Å²) in [5.41, 5.74) is 0.199. The summed E-state index contributed by atoms with van der Waals surface area (Å²) in [6.07, 6.45) is 0. The largest absolute Gasteiger partial charge is 0.755 e. The highest BCUT2D eigenvalue weighted by Gasteiger charge is 2.22. The van der Waals surface area contributed by atoms with Crippen molar-refractivity contribution >= 4 is 45.2 Å². The molecule has 0 amide bonds. The highest BCUT2D eigenvalue weighted by atomic mass is 32.2. The minimum absolute atomic E-state index is 0.00187.